The lowest BCUT2D eigenvalue weighted by Crippen LogP contribution is -2.45. The summed E-state index contributed by atoms with van der Waals surface area (Å²) in [6.45, 7) is 4.72. The van der Waals surface area contributed by atoms with E-state index in [0.29, 0.717) is 0 Å². The summed E-state index contributed by atoms with van der Waals surface area (Å²) in [6.07, 6.45) is -0.405. The van der Waals surface area contributed by atoms with Crippen molar-refractivity contribution in [1.29, 1.82) is 0 Å². The molecule has 0 fully saturated rings. The molecular weight excluding hydrogens is 653 g/mol. The third-order valence-electron chi connectivity index (χ3n) is 10.8. The molecule has 0 saturated heterocycles. The van der Waals surface area contributed by atoms with Gasteiger partial charge in [-0.25, -0.2) is 9.98 Å². The van der Waals surface area contributed by atoms with Gasteiger partial charge in [0, 0.05) is 21.9 Å². The Labute approximate surface area is 307 Å². The van der Waals surface area contributed by atoms with E-state index in [1.807, 2.05) is 0 Å². The van der Waals surface area contributed by atoms with Crippen LogP contribution in [0.3, 0.4) is 0 Å². The second-order valence-electron chi connectivity index (χ2n) is 14.3. The first kappa shape index (κ1) is 30.9. The van der Waals surface area contributed by atoms with Gasteiger partial charge in [-0.05, 0) is 74.2 Å². The topological polar surface area (TPSA) is 49.3 Å². The number of thiazole rings is 1. The average molecular weight is 689 g/mol. The number of benzene rings is 7. The SMILES string of the molecule is CC1(C)c2ccccc2-c2c(C3N=C(c4ccccc4)NC(c4ccccc4)N3)cc(-c3ccc4c(ccc5nc(-c6ccccc6)sc54)c3)cc21. The summed E-state index contributed by atoms with van der Waals surface area (Å²) < 4.78 is 1.22. The fraction of sp³-hybridized carbons (Fsp3) is 0.106. The van der Waals surface area contributed by atoms with Crippen molar-refractivity contribution in [3.05, 3.63) is 186 Å². The van der Waals surface area contributed by atoms with Crippen LogP contribution in [0.25, 0.3) is 53.8 Å². The quantitative estimate of drug-likeness (QED) is 0.189. The van der Waals surface area contributed by atoms with Crippen molar-refractivity contribution in [2.75, 3.05) is 0 Å². The second-order valence-corrected chi connectivity index (χ2v) is 15.3. The largest absolute Gasteiger partial charge is 0.350 e. The van der Waals surface area contributed by atoms with E-state index < -0.39 is 0 Å². The van der Waals surface area contributed by atoms with Gasteiger partial charge in [0.15, 0.2) is 0 Å². The van der Waals surface area contributed by atoms with Crippen molar-refractivity contribution in [1.82, 2.24) is 15.6 Å². The zero-order valence-electron chi connectivity index (χ0n) is 29.0. The van der Waals surface area contributed by atoms with Crippen LogP contribution in [-0.2, 0) is 5.41 Å². The molecule has 5 heteroatoms. The highest BCUT2D eigenvalue weighted by Gasteiger charge is 2.39. The standard InChI is InChI=1S/C47H36N4S/c1-47(2)38-21-13-12-20-36(38)41-37(45-50-43(29-14-6-3-7-15-29)49-44(51-45)30-16-8-4-9-17-30)27-34(28-39(41)47)32-22-24-35-33(26-32)23-25-40-42(35)52-46(48-40)31-18-10-5-11-19-31/h3-28,43,45,50H,1-2H3,(H,49,51). The van der Waals surface area contributed by atoms with Gasteiger partial charge in [-0.3, -0.25) is 5.32 Å². The Bertz CT molecular complexity index is 2660. The van der Waals surface area contributed by atoms with E-state index >= 15 is 0 Å². The van der Waals surface area contributed by atoms with Gasteiger partial charge in [0.1, 0.15) is 23.2 Å². The predicted octanol–water partition coefficient (Wildman–Crippen LogP) is 11.4. The number of rotatable bonds is 5. The van der Waals surface area contributed by atoms with Crippen molar-refractivity contribution in [2.24, 2.45) is 4.99 Å². The Balaban J connectivity index is 1.15. The van der Waals surface area contributed by atoms with Crippen LogP contribution < -0.4 is 10.6 Å². The summed E-state index contributed by atoms with van der Waals surface area (Å²) in [5, 5.41) is 11.1. The molecule has 0 radical (unpaired) electrons. The Hall–Kier alpha value is -5.88. The second kappa shape index (κ2) is 12.1. The van der Waals surface area contributed by atoms with Crippen LogP contribution in [0.5, 0.6) is 0 Å². The number of nitrogens with zero attached hydrogens (tertiary/aromatic N) is 2. The van der Waals surface area contributed by atoms with E-state index in [0.717, 1.165) is 27.5 Å². The van der Waals surface area contributed by atoms with Crippen molar-refractivity contribution >= 4 is 38.2 Å². The molecule has 10 rings (SSSR count). The molecule has 8 aromatic rings. The van der Waals surface area contributed by atoms with Crippen LogP contribution in [0.4, 0.5) is 0 Å². The Kier molecular flexibility index (Phi) is 7.20. The van der Waals surface area contributed by atoms with E-state index in [4.69, 9.17) is 9.98 Å². The molecule has 0 amide bonds. The summed E-state index contributed by atoms with van der Waals surface area (Å²) >= 11 is 1.77. The van der Waals surface area contributed by atoms with Gasteiger partial charge in [0.05, 0.1) is 10.2 Å². The van der Waals surface area contributed by atoms with Crippen molar-refractivity contribution in [2.45, 2.75) is 31.6 Å². The van der Waals surface area contributed by atoms with Crippen LogP contribution in [0.15, 0.2) is 163 Å². The van der Waals surface area contributed by atoms with Gasteiger partial charge in [-0.15, -0.1) is 11.3 Å². The maximum atomic E-state index is 5.43. The summed E-state index contributed by atoms with van der Waals surface area (Å²) in [4.78, 5) is 10.4. The predicted molar refractivity (Wildman–Crippen MR) is 217 cm³/mol. The molecule has 2 atom stereocenters. The average Bonchev–Trinajstić information content (AvgIpc) is 3.75. The minimum atomic E-state index is -0.286. The lowest BCUT2D eigenvalue weighted by atomic mass is 9.80. The normalized spacial score (nSPS) is 17.4. The van der Waals surface area contributed by atoms with Gasteiger partial charge in [0.2, 0.25) is 0 Å². The molecule has 2 N–H and O–H groups in total. The molecule has 2 unspecified atom stereocenters. The third-order valence-corrected chi connectivity index (χ3v) is 11.9. The Morgan fingerprint density at radius 2 is 1.33 bits per heavy atom. The molecule has 0 saturated carbocycles. The molecule has 0 spiro atoms. The Morgan fingerprint density at radius 3 is 2.12 bits per heavy atom. The number of amidine groups is 1. The van der Waals surface area contributed by atoms with Crippen molar-refractivity contribution < 1.29 is 0 Å². The van der Waals surface area contributed by atoms with Gasteiger partial charge < -0.3 is 5.32 Å². The molecule has 0 bridgehead atoms. The number of hydrogen-bond acceptors (Lipinski definition) is 5. The highest BCUT2D eigenvalue weighted by molar-refractivity contribution is 7.22. The van der Waals surface area contributed by atoms with E-state index in [-0.39, 0.29) is 17.7 Å². The van der Waals surface area contributed by atoms with E-state index in [1.54, 1.807) is 11.3 Å². The summed E-state index contributed by atoms with van der Waals surface area (Å²) in [7, 11) is 0. The van der Waals surface area contributed by atoms with Crippen molar-refractivity contribution in [3.8, 4) is 32.8 Å². The minimum Gasteiger partial charge on any atom is -0.350 e. The van der Waals surface area contributed by atoms with E-state index in [1.165, 1.54) is 60.0 Å². The fourth-order valence-electron chi connectivity index (χ4n) is 8.11. The highest BCUT2D eigenvalue weighted by atomic mass is 32.1. The number of hydrogen-bond donors (Lipinski definition) is 2. The first-order chi connectivity index (χ1) is 25.5. The van der Waals surface area contributed by atoms with Gasteiger partial charge in [-0.1, -0.05) is 147 Å². The van der Waals surface area contributed by atoms with E-state index in [9.17, 15) is 0 Å². The molecule has 1 aromatic heterocycles. The van der Waals surface area contributed by atoms with Crippen molar-refractivity contribution in [3.63, 3.8) is 0 Å². The molecule has 250 valence electrons. The number of nitrogens with one attached hydrogen (secondary N) is 2. The van der Waals surface area contributed by atoms with Crippen LogP contribution >= 0.6 is 11.3 Å². The summed E-state index contributed by atoms with van der Waals surface area (Å²) in [5.74, 6) is 0.886. The van der Waals surface area contributed by atoms with Gasteiger partial charge in [-0.2, -0.15) is 0 Å². The minimum absolute atomic E-state index is 0.119. The van der Waals surface area contributed by atoms with Gasteiger partial charge in [0.25, 0.3) is 0 Å². The molecular formula is C47H36N4S. The number of aliphatic imine (C=N–C) groups is 1. The fourth-order valence-corrected chi connectivity index (χ4v) is 9.21. The lowest BCUT2D eigenvalue weighted by molar-refractivity contribution is 0.409. The smallest absolute Gasteiger partial charge is 0.131 e. The zero-order chi connectivity index (χ0) is 34.8. The summed E-state index contributed by atoms with van der Waals surface area (Å²) in [6, 6.07) is 56.6. The maximum absolute atomic E-state index is 5.43. The van der Waals surface area contributed by atoms with Crippen LogP contribution in [0.2, 0.25) is 0 Å². The highest BCUT2D eigenvalue weighted by Crippen LogP contribution is 2.53. The lowest BCUT2D eigenvalue weighted by Gasteiger charge is -2.33. The number of fused-ring (bicyclic) bond motifs is 6. The Morgan fingerprint density at radius 1 is 0.615 bits per heavy atom. The molecule has 2 heterocycles. The number of aromatic nitrogens is 1. The molecule has 4 nitrogen and oxygen atoms in total. The molecule has 2 aliphatic rings. The van der Waals surface area contributed by atoms with E-state index in [2.05, 4.69) is 182 Å². The molecule has 52 heavy (non-hydrogen) atoms. The molecule has 1 aliphatic heterocycles. The first-order valence-electron chi connectivity index (χ1n) is 17.9. The zero-order valence-corrected chi connectivity index (χ0v) is 29.8. The maximum Gasteiger partial charge on any atom is 0.131 e. The third kappa shape index (κ3) is 5.08. The molecule has 1 aliphatic carbocycles. The van der Waals surface area contributed by atoms with Crippen LogP contribution in [0.1, 0.15) is 54.0 Å². The van der Waals surface area contributed by atoms with Crippen LogP contribution in [-0.4, -0.2) is 10.8 Å². The summed E-state index contributed by atoms with van der Waals surface area (Å²) in [5.41, 5.74) is 13.1. The molecule has 7 aromatic carbocycles. The van der Waals surface area contributed by atoms with Gasteiger partial charge >= 0.3 is 0 Å². The monoisotopic (exact) mass is 688 g/mol. The first-order valence-corrected chi connectivity index (χ1v) is 18.7. The van der Waals surface area contributed by atoms with Crippen LogP contribution in [0, 0.1) is 0 Å².